The van der Waals surface area contributed by atoms with Crippen LogP contribution in [0.5, 0.6) is 11.5 Å². The van der Waals surface area contributed by atoms with Crippen molar-refractivity contribution in [3.8, 4) is 11.5 Å². The van der Waals surface area contributed by atoms with Crippen molar-refractivity contribution >= 4 is 20.0 Å². The Kier molecular flexibility index (Phi) is 8.16. The SMILES string of the molecule is COc1ccc(OC)c(S(=O)(=O)N(CCS(=O)(=O)N2CCNCC2)C[C@H]2CCCO2)c1. The molecule has 0 aromatic heterocycles. The molecule has 2 heterocycles. The molecule has 2 aliphatic heterocycles. The summed E-state index contributed by atoms with van der Waals surface area (Å²) in [5.74, 6) is 0.235. The van der Waals surface area contributed by atoms with Crippen molar-refractivity contribution < 1.29 is 31.0 Å². The van der Waals surface area contributed by atoms with Crippen LogP contribution in [0, 0.1) is 0 Å². The Morgan fingerprint density at radius 1 is 1.16 bits per heavy atom. The lowest BCUT2D eigenvalue weighted by atomic mass is 10.2. The van der Waals surface area contributed by atoms with Gasteiger partial charge >= 0.3 is 0 Å². The van der Waals surface area contributed by atoms with Crippen LogP contribution in [0.3, 0.4) is 0 Å². The van der Waals surface area contributed by atoms with Gasteiger partial charge in [-0.25, -0.2) is 16.8 Å². The second-order valence-corrected chi connectivity index (χ2v) is 11.5. The zero-order chi connectivity index (χ0) is 22.5. The van der Waals surface area contributed by atoms with Gasteiger partial charge in [-0.1, -0.05) is 0 Å². The molecule has 1 aromatic carbocycles. The highest BCUT2D eigenvalue weighted by molar-refractivity contribution is 7.90. The molecule has 0 unspecified atom stereocenters. The normalized spacial score (nSPS) is 20.8. The van der Waals surface area contributed by atoms with E-state index in [1.165, 1.54) is 35.0 Å². The molecule has 176 valence electrons. The smallest absolute Gasteiger partial charge is 0.247 e. The third-order valence-electron chi connectivity index (χ3n) is 5.49. The first kappa shape index (κ1) is 24.2. The molecule has 0 spiro atoms. The van der Waals surface area contributed by atoms with Crippen LogP contribution in [0.25, 0.3) is 0 Å². The van der Waals surface area contributed by atoms with Crippen molar-refractivity contribution in [3.05, 3.63) is 18.2 Å². The lowest BCUT2D eigenvalue weighted by Crippen LogP contribution is -2.49. The number of nitrogens with zero attached hydrogens (tertiary/aromatic N) is 2. The van der Waals surface area contributed by atoms with E-state index in [9.17, 15) is 16.8 Å². The van der Waals surface area contributed by atoms with Gasteiger partial charge in [0, 0.05) is 51.9 Å². The highest BCUT2D eigenvalue weighted by Gasteiger charge is 2.34. The number of hydrogen-bond donors (Lipinski definition) is 1. The van der Waals surface area contributed by atoms with E-state index < -0.39 is 20.0 Å². The van der Waals surface area contributed by atoms with E-state index in [1.807, 2.05) is 0 Å². The number of benzene rings is 1. The van der Waals surface area contributed by atoms with E-state index in [4.69, 9.17) is 14.2 Å². The van der Waals surface area contributed by atoms with Gasteiger partial charge in [0.1, 0.15) is 16.4 Å². The summed E-state index contributed by atoms with van der Waals surface area (Å²) in [6.07, 6.45) is 1.31. The zero-order valence-corrected chi connectivity index (χ0v) is 19.6. The monoisotopic (exact) mass is 477 g/mol. The molecule has 1 N–H and O–H groups in total. The largest absolute Gasteiger partial charge is 0.497 e. The van der Waals surface area contributed by atoms with Gasteiger partial charge in [-0.3, -0.25) is 0 Å². The van der Waals surface area contributed by atoms with Crippen molar-refractivity contribution in [1.82, 2.24) is 13.9 Å². The number of hydrogen-bond acceptors (Lipinski definition) is 8. The Balaban J connectivity index is 1.87. The van der Waals surface area contributed by atoms with Crippen molar-refractivity contribution in [2.75, 3.05) is 65.8 Å². The predicted molar refractivity (Wildman–Crippen MR) is 116 cm³/mol. The Morgan fingerprint density at radius 3 is 2.52 bits per heavy atom. The van der Waals surface area contributed by atoms with Crippen molar-refractivity contribution in [2.24, 2.45) is 0 Å². The van der Waals surface area contributed by atoms with Crippen molar-refractivity contribution in [1.29, 1.82) is 0 Å². The number of piperazine rings is 1. The minimum Gasteiger partial charge on any atom is -0.497 e. The number of sulfonamides is 2. The number of nitrogens with one attached hydrogen (secondary N) is 1. The molecule has 0 aliphatic carbocycles. The first-order valence-corrected chi connectivity index (χ1v) is 13.3. The van der Waals surface area contributed by atoms with E-state index >= 15 is 0 Å². The van der Waals surface area contributed by atoms with Crippen LogP contribution in [0.2, 0.25) is 0 Å². The highest BCUT2D eigenvalue weighted by Crippen LogP contribution is 2.31. The van der Waals surface area contributed by atoms with E-state index in [1.54, 1.807) is 6.07 Å². The Hall–Kier alpha value is -1.44. The fourth-order valence-corrected chi connectivity index (χ4v) is 6.93. The Labute approximate surface area is 184 Å². The molecule has 2 aliphatic rings. The fourth-order valence-electron chi connectivity index (χ4n) is 3.72. The Bertz CT molecular complexity index is 941. The molecule has 12 heteroatoms. The first-order chi connectivity index (χ1) is 14.8. The summed E-state index contributed by atoms with van der Waals surface area (Å²) in [6.45, 7) is 2.40. The van der Waals surface area contributed by atoms with Crippen LogP contribution >= 0.6 is 0 Å². The molecule has 10 nitrogen and oxygen atoms in total. The molecule has 31 heavy (non-hydrogen) atoms. The third-order valence-corrected chi connectivity index (χ3v) is 9.22. The average Bonchev–Trinajstić information content (AvgIpc) is 3.30. The highest BCUT2D eigenvalue weighted by atomic mass is 32.2. The molecule has 1 aromatic rings. The van der Waals surface area contributed by atoms with E-state index in [2.05, 4.69) is 5.32 Å². The number of methoxy groups -OCH3 is 2. The summed E-state index contributed by atoms with van der Waals surface area (Å²) >= 11 is 0. The van der Waals surface area contributed by atoms with Crippen LogP contribution in [-0.2, 0) is 24.8 Å². The van der Waals surface area contributed by atoms with Gasteiger partial charge in [0.15, 0.2) is 0 Å². The molecular weight excluding hydrogens is 446 g/mol. The maximum Gasteiger partial charge on any atom is 0.247 e. The average molecular weight is 478 g/mol. The molecule has 0 saturated carbocycles. The minimum absolute atomic E-state index is 0.0630. The Morgan fingerprint density at radius 2 is 1.90 bits per heavy atom. The number of rotatable bonds is 10. The molecule has 0 amide bonds. The van der Waals surface area contributed by atoms with Crippen molar-refractivity contribution in [2.45, 2.75) is 23.8 Å². The quantitative estimate of drug-likeness (QED) is 0.505. The summed E-state index contributed by atoms with van der Waals surface area (Å²) in [7, 11) is -4.82. The summed E-state index contributed by atoms with van der Waals surface area (Å²) in [5.41, 5.74) is 0. The summed E-state index contributed by atoms with van der Waals surface area (Å²) in [4.78, 5) is -0.0630. The van der Waals surface area contributed by atoms with Gasteiger partial charge in [0.25, 0.3) is 0 Å². The van der Waals surface area contributed by atoms with Crippen LogP contribution < -0.4 is 14.8 Å². The molecule has 1 atom stereocenters. The van der Waals surface area contributed by atoms with E-state index in [0.717, 1.165) is 12.8 Å². The van der Waals surface area contributed by atoms with E-state index in [0.29, 0.717) is 38.5 Å². The van der Waals surface area contributed by atoms with Gasteiger partial charge in [-0.05, 0) is 25.0 Å². The standard InChI is InChI=1S/C19H31N3O7S2/c1-27-16-5-6-18(28-2)19(14-16)31(25,26)22(15-17-4-3-12-29-17)11-13-30(23,24)21-9-7-20-8-10-21/h5-6,14,17,20H,3-4,7-13,15H2,1-2H3/t17-/m1/s1. The molecule has 0 bridgehead atoms. The lowest BCUT2D eigenvalue weighted by molar-refractivity contribution is 0.0947. The zero-order valence-electron chi connectivity index (χ0n) is 17.9. The molecule has 3 rings (SSSR count). The van der Waals surface area contributed by atoms with Gasteiger partial charge < -0.3 is 19.5 Å². The molecule has 2 saturated heterocycles. The predicted octanol–water partition coefficient (Wildman–Crippen LogP) is 0.109. The van der Waals surface area contributed by atoms with Gasteiger partial charge in [0.2, 0.25) is 20.0 Å². The molecule has 2 fully saturated rings. The third kappa shape index (κ3) is 5.88. The second kappa shape index (κ2) is 10.5. The minimum atomic E-state index is -4.06. The second-order valence-electron chi connectivity index (χ2n) is 7.48. The van der Waals surface area contributed by atoms with Gasteiger partial charge in [-0.15, -0.1) is 0 Å². The molecular formula is C19H31N3O7S2. The maximum absolute atomic E-state index is 13.6. The molecule has 0 radical (unpaired) electrons. The number of ether oxygens (including phenoxy) is 3. The summed E-state index contributed by atoms with van der Waals surface area (Å²) in [5, 5.41) is 3.11. The summed E-state index contributed by atoms with van der Waals surface area (Å²) in [6, 6.07) is 4.52. The van der Waals surface area contributed by atoms with Crippen LogP contribution in [0.1, 0.15) is 12.8 Å². The fraction of sp³-hybridized carbons (Fsp3) is 0.684. The lowest BCUT2D eigenvalue weighted by Gasteiger charge is -2.29. The van der Waals surface area contributed by atoms with Crippen molar-refractivity contribution in [3.63, 3.8) is 0 Å². The van der Waals surface area contributed by atoms with Gasteiger partial charge in [0.05, 0.1) is 26.1 Å². The van der Waals surface area contributed by atoms with Crippen LogP contribution in [0.4, 0.5) is 0 Å². The topological polar surface area (TPSA) is 114 Å². The maximum atomic E-state index is 13.6. The van der Waals surface area contributed by atoms with Crippen LogP contribution in [0.15, 0.2) is 23.1 Å². The van der Waals surface area contributed by atoms with Gasteiger partial charge in [-0.2, -0.15) is 8.61 Å². The van der Waals surface area contributed by atoms with Crippen LogP contribution in [-0.4, -0.2) is 97.4 Å². The first-order valence-electron chi connectivity index (χ1n) is 10.3. The summed E-state index contributed by atoms with van der Waals surface area (Å²) < 4.78 is 71.5. The van der Waals surface area contributed by atoms with E-state index in [-0.39, 0.29) is 35.6 Å².